The number of halogens is 1. The topological polar surface area (TPSA) is 52.7 Å². The number of likely N-dealkylation sites (tertiary alicyclic amines) is 1. The van der Waals surface area contributed by atoms with Crippen LogP contribution in [0.15, 0.2) is 0 Å². The smallest absolute Gasteiger partial charge is 0.227 e. The minimum atomic E-state index is 0. The minimum absolute atomic E-state index is 0. The third kappa shape index (κ3) is 3.44. The van der Waals surface area contributed by atoms with Crippen LogP contribution in [0.5, 0.6) is 0 Å². The van der Waals surface area contributed by atoms with Gasteiger partial charge in [-0.2, -0.15) is 0 Å². The molecule has 114 valence electrons. The van der Waals surface area contributed by atoms with Crippen LogP contribution in [-0.2, 0) is 9.59 Å². The van der Waals surface area contributed by atoms with Gasteiger partial charge in [-0.25, -0.2) is 0 Å². The highest BCUT2D eigenvalue weighted by molar-refractivity contribution is 5.85. The molecule has 2 amide bonds. The van der Waals surface area contributed by atoms with Gasteiger partial charge in [0.15, 0.2) is 0 Å². The lowest BCUT2D eigenvalue weighted by molar-refractivity contribution is -0.141. The van der Waals surface area contributed by atoms with Crippen molar-refractivity contribution in [3.63, 3.8) is 0 Å². The van der Waals surface area contributed by atoms with E-state index in [0.29, 0.717) is 6.54 Å². The zero-order valence-corrected chi connectivity index (χ0v) is 12.7. The molecule has 2 aliphatic heterocycles. The number of amides is 2. The van der Waals surface area contributed by atoms with Gasteiger partial charge in [-0.15, -0.1) is 12.4 Å². The summed E-state index contributed by atoms with van der Waals surface area (Å²) in [5.41, 5.74) is 0. The number of hydrogen-bond acceptors (Lipinski definition) is 3. The highest BCUT2D eigenvalue weighted by Gasteiger charge is 2.37. The first-order valence-corrected chi connectivity index (χ1v) is 7.54. The molecule has 0 radical (unpaired) electrons. The number of piperazine rings is 1. The molecule has 0 aromatic carbocycles. The Bertz CT molecular complexity index is 367. The van der Waals surface area contributed by atoms with Crippen LogP contribution in [0.3, 0.4) is 0 Å². The number of carbonyl (C=O) groups is 2. The van der Waals surface area contributed by atoms with Crippen molar-refractivity contribution in [2.45, 2.75) is 25.7 Å². The van der Waals surface area contributed by atoms with E-state index >= 15 is 0 Å². The molecule has 6 heteroatoms. The second kappa shape index (κ2) is 6.76. The Morgan fingerprint density at radius 1 is 0.850 bits per heavy atom. The van der Waals surface area contributed by atoms with Gasteiger partial charge in [-0.05, 0) is 25.7 Å². The van der Waals surface area contributed by atoms with Crippen LogP contribution in [0, 0.1) is 11.8 Å². The Balaban J connectivity index is 0.00000147. The number of piperidine rings is 1. The molecule has 1 N–H and O–H groups in total. The Hall–Kier alpha value is -0.810. The average molecular weight is 302 g/mol. The third-order valence-corrected chi connectivity index (χ3v) is 4.44. The standard InChI is InChI=1S/C14H23N3O2.ClH/c18-13(11-3-4-11)17-7-1-2-12(10-17)14(19)16-8-5-15-6-9-16;/h11-12,15H,1-10H2;1H. The molecule has 3 fully saturated rings. The molecule has 0 aromatic rings. The van der Waals surface area contributed by atoms with Crippen molar-refractivity contribution < 1.29 is 9.59 Å². The van der Waals surface area contributed by atoms with Gasteiger partial charge in [0.1, 0.15) is 0 Å². The SMILES string of the molecule is Cl.O=C(C1CCCN(C(=O)C2CC2)C1)N1CCNCC1. The number of nitrogens with one attached hydrogen (secondary N) is 1. The van der Waals surface area contributed by atoms with Crippen LogP contribution in [0.1, 0.15) is 25.7 Å². The molecule has 0 spiro atoms. The highest BCUT2D eigenvalue weighted by atomic mass is 35.5. The summed E-state index contributed by atoms with van der Waals surface area (Å²) in [5, 5.41) is 3.26. The van der Waals surface area contributed by atoms with Gasteiger partial charge < -0.3 is 15.1 Å². The van der Waals surface area contributed by atoms with Crippen LogP contribution >= 0.6 is 12.4 Å². The van der Waals surface area contributed by atoms with Crippen molar-refractivity contribution in [3.8, 4) is 0 Å². The van der Waals surface area contributed by atoms with Crippen molar-refractivity contribution in [2.24, 2.45) is 11.8 Å². The van der Waals surface area contributed by atoms with E-state index in [0.717, 1.165) is 58.4 Å². The first-order valence-electron chi connectivity index (χ1n) is 7.54. The summed E-state index contributed by atoms with van der Waals surface area (Å²) < 4.78 is 0. The van der Waals surface area contributed by atoms with Gasteiger partial charge in [0.25, 0.3) is 0 Å². The lowest BCUT2D eigenvalue weighted by atomic mass is 9.96. The molecule has 20 heavy (non-hydrogen) atoms. The van der Waals surface area contributed by atoms with E-state index in [4.69, 9.17) is 0 Å². The molecule has 2 saturated heterocycles. The monoisotopic (exact) mass is 301 g/mol. The molecule has 1 saturated carbocycles. The van der Waals surface area contributed by atoms with E-state index in [1.165, 1.54) is 0 Å². The predicted molar refractivity (Wildman–Crippen MR) is 78.7 cm³/mol. The van der Waals surface area contributed by atoms with Crippen LogP contribution in [0.4, 0.5) is 0 Å². The maximum atomic E-state index is 12.5. The highest BCUT2D eigenvalue weighted by Crippen LogP contribution is 2.32. The summed E-state index contributed by atoms with van der Waals surface area (Å²) in [6.07, 6.45) is 4.01. The zero-order valence-electron chi connectivity index (χ0n) is 11.8. The van der Waals surface area contributed by atoms with Crippen LogP contribution in [0.25, 0.3) is 0 Å². The van der Waals surface area contributed by atoms with Crippen LogP contribution in [0.2, 0.25) is 0 Å². The fourth-order valence-electron chi connectivity index (χ4n) is 3.11. The molecule has 2 heterocycles. The number of carbonyl (C=O) groups excluding carboxylic acids is 2. The number of rotatable bonds is 2. The van der Waals surface area contributed by atoms with E-state index < -0.39 is 0 Å². The van der Waals surface area contributed by atoms with Crippen molar-refractivity contribution in [1.82, 2.24) is 15.1 Å². The fourth-order valence-corrected chi connectivity index (χ4v) is 3.11. The molecule has 0 aromatic heterocycles. The van der Waals surface area contributed by atoms with Gasteiger partial charge in [0, 0.05) is 45.2 Å². The summed E-state index contributed by atoms with van der Waals surface area (Å²) in [4.78, 5) is 28.5. The number of hydrogen-bond donors (Lipinski definition) is 1. The Kier molecular flexibility index (Phi) is 5.27. The summed E-state index contributed by atoms with van der Waals surface area (Å²) in [6.45, 7) is 4.91. The normalized spacial score (nSPS) is 26.9. The van der Waals surface area contributed by atoms with Crippen LogP contribution < -0.4 is 5.32 Å². The molecule has 3 rings (SSSR count). The molecular weight excluding hydrogens is 278 g/mol. The Labute approximate surface area is 126 Å². The van der Waals surface area contributed by atoms with Gasteiger partial charge in [-0.3, -0.25) is 9.59 Å². The quantitative estimate of drug-likeness (QED) is 0.807. The maximum Gasteiger partial charge on any atom is 0.227 e. The largest absolute Gasteiger partial charge is 0.342 e. The molecule has 1 unspecified atom stereocenters. The molecule has 5 nitrogen and oxygen atoms in total. The molecule has 3 aliphatic rings. The van der Waals surface area contributed by atoms with E-state index in [-0.39, 0.29) is 36.1 Å². The van der Waals surface area contributed by atoms with Crippen molar-refractivity contribution in [2.75, 3.05) is 39.3 Å². The molecule has 0 bridgehead atoms. The summed E-state index contributed by atoms with van der Waals surface area (Å²) >= 11 is 0. The van der Waals surface area contributed by atoms with Gasteiger partial charge in [-0.1, -0.05) is 0 Å². The summed E-state index contributed by atoms with van der Waals surface area (Å²) in [7, 11) is 0. The first-order chi connectivity index (χ1) is 9.25. The van der Waals surface area contributed by atoms with Gasteiger partial charge in [0.05, 0.1) is 5.92 Å². The predicted octanol–water partition coefficient (Wildman–Crippen LogP) is 0.489. The fraction of sp³-hybridized carbons (Fsp3) is 0.857. The Morgan fingerprint density at radius 3 is 2.15 bits per heavy atom. The van der Waals surface area contributed by atoms with Crippen molar-refractivity contribution in [3.05, 3.63) is 0 Å². The van der Waals surface area contributed by atoms with Crippen molar-refractivity contribution >= 4 is 24.2 Å². The Morgan fingerprint density at radius 2 is 1.50 bits per heavy atom. The van der Waals surface area contributed by atoms with Crippen LogP contribution in [-0.4, -0.2) is 60.9 Å². The van der Waals surface area contributed by atoms with Crippen molar-refractivity contribution in [1.29, 1.82) is 0 Å². The lowest BCUT2D eigenvalue weighted by Gasteiger charge is -2.36. The average Bonchev–Trinajstić information content (AvgIpc) is 3.31. The van der Waals surface area contributed by atoms with Gasteiger partial charge >= 0.3 is 0 Å². The molecule has 1 aliphatic carbocycles. The molecule has 1 atom stereocenters. The van der Waals surface area contributed by atoms with E-state index in [1.807, 2.05) is 9.80 Å². The minimum Gasteiger partial charge on any atom is -0.342 e. The second-order valence-electron chi connectivity index (χ2n) is 5.97. The second-order valence-corrected chi connectivity index (χ2v) is 5.97. The van der Waals surface area contributed by atoms with E-state index in [9.17, 15) is 9.59 Å². The lowest BCUT2D eigenvalue weighted by Crippen LogP contribution is -2.52. The maximum absolute atomic E-state index is 12.5. The van der Waals surface area contributed by atoms with E-state index in [1.54, 1.807) is 0 Å². The third-order valence-electron chi connectivity index (χ3n) is 4.44. The summed E-state index contributed by atoms with van der Waals surface area (Å²) in [5.74, 6) is 0.857. The zero-order chi connectivity index (χ0) is 13.2. The van der Waals surface area contributed by atoms with E-state index in [2.05, 4.69) is 5.32 Å². The molecular formula is C14H24ClN3O2. The number of nitrogens with zero attached hydrogens (tertiary/aromatic N) is 2. The van der Waals surface area contributed by atoms with Gasteiger partial charge in [0.2, 0.25) is 11.8 Å². The summed E-state index contributed by atoms with van der Waals surface area (Å²) in [6, 6.07) is 0. The first kappa shape index (κ1) is 15.6.